The molecule has 0 unspecified atom stereocenters. The lowest BCUT2D eigenvalue weighted by Gasteiger charge is -2.23. The second-order valence-electron chi connectivity index (χ2n) is 7.26. The van der Waals surface area contributed by atoms with E-state index < -0.39 is 6.04 Å². The molecular weight excluding hydrogens is 390 g/mol. The maximum atomic E-state index is 12.6. The molecule has 8 heteroatoms. The second-order valence-corrected chi connectivity index (χ2v) is 8.25. The SMILES string of the molecule is CC(=O)N[C@@H](C(=O)NCCN1C(=O)S/C(=C/c2ccccc2)C1=O)C1CCCC1. The van der Waals surface area contributed by atoms with Crippen LogP contribution in [-0.4, -0.2) is 47.0 Å². The summed E-state index contributed by atoms with van der Waals surface area (Å²) in [6, 6.07) is 8.76. The molecule has 1 aromatic rings. The van der Waals surface area contributed by atoms with Crippen LogP contribution in [0.1, 0.15) is 38.2 Å². The Bertz CT molecular complexity index is 818. The van der Waals surface area contributed by atoms with Crippen LogP contribution in [0, 0.1) is 5.92 Å². The van der Waals surface area contributed by atoms with Crippen LogP contribution in [0.4, 0.5) is 4.79 Å². The van der Waals surface area contributed by atoms with Crippen molar-refractivity contribution in [2.24, 2.45) is 5.92 Å². The summed E-state index contributed by atoms with van der Waals surface area (Å²) in [4.78, 5) is 50.3. The lowest BCUT2D eigenvalue weighted by molar-refractivity contribution is -0.129. The summed E-state index contributed by atoms with van der Waals surface area (Å²) in [5.74, 6) is -0.731. The predicted octanol–water partition coefficient (Wildman–Crippen LogP) is 2.53. The molecule has 0 bridgehead atoms. The Kier molecular flexibility index (Phi) is 7.09. The maximum absolute atomic E-state index is 12.6. The van der Waals surface area contributed by atoms with E-state index in [4.69, 9.17) is 0 Å². The van der Waals surface area contributed by atoms with E-state index in [-0.39, 0.29) is 42.0 Å². The zero-order valence-electron chi connectivity index (χ0n) is 16.3. The van der Waals surface area contributed by atoms with E-state index in [1.807, 2.05) is 30.3 Å². The Balaban J connectivity index is 1.55. The third kappa shape index (κ3) is 5.47. The van der Waals surface area contributed by atoms with Crippen molar-refractivity contribution in [3.63, 3.8) is 0 Å². The van der Waals surface area contributed by atoms with Crippen LogP contribution >= 0.6 is 11.8 Å². The number of thioether (sulfide) groups is 1. The number of hydrogen-bond acceptors (Lipinski definition) is 5. The van der Waals surface area contributed by atoms with Gasteiger partial charge in [0.05, 0.1) is 4.91 Å². The van der Waals surface area contributed by atoms with Gasteiger partial charge in [0.1, 0.15) is 6.04 Å². The number of hydrogen-bond donors (Lipinski definition) is 2. The van der Waals surface area contributed by atoms with E-state index in [0.29, 0.717) is 4.91 Å². The third-order valence-electron chi connectivity index (χ3n) is 5.12. The maximum Gasteiger partial charge on any atom is 0.293 e. The zero-order chi connectivity index (χ0) is 20.8. The van der Waals surface area contributed by atoms with Crippen LogP contribution in [0.2, 0.25) is 0 Å². The summed E-state index contributed by atoms with van der Waals surface area (Å²) >= 11 is 0.899. The summed E-state index contributed by atoms with van der Waals surface area (Å²) in [7, 11) is 0. The zero-order valence-corrected chi connectivity index (χ0v) is 17.2. The molecule has 0 radical (unpaired) electrons. The molecule has 7 nitrogen and oxygen atoms in total. The van der Waals surface area contributed by atoms with Crippen LogP contribution in [0.5, 0.6) is 0 Å². The molecule has 1 aliphatic heterocycles. The molecule has 2 aliphatic rings. The molecule has 1 aliphatic carbocycles. The van der Waals surface area contributed by atoms with Gasteiger partial charge in [0, 0.05) is 20.0 Å². The smallest absolute Gasteiger partial charge is 0.293 e. The first kappa shape index (κ1) is 21.1. The number of rotatable bonds is 7. The highest BCUT2D eigenvalue weighted by molar-refractivity contribution is 8.18. The van der Waals surface area contributed by atoms with Crippen molar-refractivity contribution in [1.29, 1.82) is 0 Å². The van der Waals surface area contributed by atoms with E-state index in [1.165, 1.54) is 6.92 Å². The van der Waals surface area contributed by atoms with Gasteiger partial charge in [0.2, 0.25) is 11.8 Å². The molecule has 1 aromatic carbocycles. The minimum atomic E-state index is -0.567. The minimum Gasteiger partial charge on any atom is -0.353 e. The Labute approximate surface area is 174 Å². The summed E-state index contributed by atoms with van der Waals surface area (Å²) in [5, 5.41) is 5.16. The molecule has 1 heterocycles. The number of nitrogens with zero attached hydrogens (tertiary/aromatic N) is 1. The number of benzene rings is 1. The Morgan fingerprint density at radius 2 is 1.90 bits per heavy atom. The fourth-order valence-electron chi connectivity index (χ4n) is 3.70. The Morgan fingerprint density at radius 3 is 2.55 bits per heavy atom. The molecule has 0 spiro atoms. The fourth-order valence-corrected chi connectivity index (χ4v) is 4.57. The van der Waals surface area contributed by atoms with Gasteiger partial charge in [-0.05, 0) is 42.2 Å². The van der Waals surface area contributed by atoms with Crippen LogP contribution in [0.15, 0.2) is 35.2 Å². The summed E-state index contributed by atoms with van der Waals surface area (Å²) in [6.07, 6.45) is 5.62. The van der Waals surface area contributed by atoms with E-state index in [1.54, 1.807) is 6.08 Å². The van der Waals surface area contributed by atoms with Crippen LogP contribution in [-0.2, 0) is 14.4 Å². The van der Waals surface area contributed by atoms with Gasteiger partial charge in [-0.3, -0.25) is 24.1 Å². The summed E-state index contributed by atoms with van der Waals surface area (Å²) < 4.78 is 0. The first-order valence-electron chi connectivity index (χ1n) is 9.81. The van der Waals surface area contributed by atoms with Gasteiger partial charge < -0.3 is 10.6 Å². The molecule has 1 atom stereocenters. The highest BCUT2D eigenvalue weighted by Crippen LogP contribution is 2.32. The lowest BCUT2D eigenvalue weighted by atomic mass is 9.97. The van der Waals surface area contributed by atoms with Crippen molar-refractivity contribution >= 4 is 40.8 Å². The monoisotopic (exact) mass is 415 g/mol. The molecule has 1 saturated heterocycles. The molecule has 154 valence electrons. The summed E-state index contributed by atoms with van der Waals surface area (Å²) in [6.45, 7) is 1.65. The van der Waals surface area contributed by atoms with E-state index in [9.17, 15) is 19.2 Å². The van der Waals surface area contributed by atoms with Gasteiger partial charge in [-0.25, -0.2) is 0 Å². The topological polar surface area (TPSA) is 95.6 Å². The highest BCUT2D eigenvalue weighted by atomic mass is 32.2. The van der Waals surface area contributed by atoms with Crippen LogP contribution < -0.4 is 10.6 Å². The van der Waals surface area contributed by atoms with Crippen molar-refractivity contribution in [3.8, 4) is 0 Å². The molecule has 0 aromatic heterocycles. The minimum absolute atomic E-state index is 0.0972. The number of nitrogens with one attached hydrogen (secondary N) is 2. The van der Waals surface area contributed by atoms with Crippen molar-refractivity contribution in [2.75, 3.05) is 13.1 Å². The Morgan fingerprint density at radius 1 is 1.21 bits per heavy atom. The van der Waals surface area contributed by atoms with E-state index in [0.717, 1.165) is 47.9 Å². The molecule has 29 heavy (non-hydrogen) atoms. The lowest BCUT2D eigenvalue weighted by Crippen LogP contribution is -2.51. The van der Waals surface area contributed by atoms with Gasteiger partial charge in [0.25, 0.3) is 11.1 Å². The molecule has 4 amide bonds. The number of imide groups is 1. The van der Waals surface area contributed by atoms with E-state index >= 15 is 0 Å². The van der Waals surface area contributed by atoms with Crippen LogP contribution in [0.25, 0.3) is 6.08 Å². The fraction of sp³-hybridized carbons (Fsp3) is 0.429. The van der Waals surface area contributed by atoms with Crippen LogP contribution in [0.3, 0.4) is 0 Å². The highest BCUT2D eigenvalue weighted by Gasteiger charge is 2.35. The van der Waals surface area contributed by atoms with Crippen molar-refractivity contribution in [3.05, 3.63) is 40.8 Å². The standard InChI is InChI=1S/C21H25N3O4S/c1-14(25)23-18(16-9-5-6-10-16)19(26)22-11-12-24-20(27)17(29-21(24)28)13-15-7-3-2-4-8-15/h2-4,7-8,13,16,18H,5-6,9-12H2,1H3,(H,22,26)(H,23,25)/b17-13+/t18-/m1/s1. The number of amides is 4. The van der Waals surface area contributed by atoms with Gasteiger partial charge in [-0.2, -0.15) is 0 Å². The normalized spacial score (nSPS) is 19.6. The first-order valence-corrected chi connectivity index (χ1v) is 10.6. The van der Waals surface area contributed by atoms with Gasteiger partial charge in [-0.1, -0.05) is 43.2 Å². The van der Waals surface area contributed by atoms with E-state index in [2.05, 4.69) is 10.6 Å². The summed E-state index contributed by atoms with van der Waals surface area (Å²) in [5.41, 5.74) is 0.848. The Hall–Kier alpha value is -2.61. The van der Waals surface area contributed by atoms with Gasteiger partial charge >= 0.3 is 0 Å². The number of carbonyl (C=O) groups is 4. The van der Waals surface area contributed by atoms with Crippen molar-refractivity contribution in [2.45, 2.75) is 38.6 Å². The average molecular weight is 416 g/mol. The molecule has 2 N–H and O–H groups in total. The molecule has 3 rings (SSSR count). The van der Waals surface area contributed by atoms with Gasteiger partial charge in [0.15, 0.2) is 0 Å². The third-order valence-corrected chi connectivity index (χ3v) is 6.03. The quantitative estimate of drug-likeness (QED) is 0.667. The second kappa shape index (κ2) is 9.73. The average Bonchev–Trinajstić information content (AvgIpc) is 3.31. The first-order chi connectivity index (χ1) is 14.0. The molecule has 1 saturated carbocycles. The van der Waals surface area contributed by atoms with Crippen molar-refractivity contribution < 1.29 is 19.2 Å². The predicted molar refractivity (Wildman–Crippen MR) is 112 cm³/mol. The molecular formula is C21H25N3O4S. The largest absolute Gasteiger partial charge is 0.353 e. The molecule has 2 fully saturated rings. The van der Waals surface area contributed by atoms with Gasteiger partial charge in [-0.15, -0.1) is 0 Å². The van der Waals surface area contributed by atoms with Crippen molar-refractivity contribution in [1.82, 2.24) is 15.5 Å². The number of carbonyl (C=O) groups excluding carboxylic acids is 4.